The van der Waals surface area contributed by atoms with Gasteiger partial charge in [0.25, 0.3) is 11.8 Å². The maximum atomic E-state index is 11.8. The molecule has 0 aliphatic heterocycles. The van der Waals surface area contributed by atoms with Gasteiger partial charge in [0.15, 0.2) is 17.3 Å². The Labute approximate surface area is 304 Å². The Hall–Kier alpha value is -5.37. The normalized spacial score (nSPS) is 10.7. The largest absolute Gasteiger partial charge is 0.478 e. The van der Waals surface area contributed by atoms with Crippen LogP contribution in [0.15, 0.2) is 72.8 Å². The summed E-state index contributed by atoms with van der Waals surface area (Å²) in [5, 5.41) is 31.1. The number of Topliss-reactive ketones (excluding diaryl/α,β-unsaturated/α-hetero) is 3. The molecule has 0 atom stereocenters. The first-order valence-electron chi connectivity index (χ1n) is 16.1. The van der Waals surface area contributed by atoms with Crippen LogP contribution < -0.4 is 16.4 Å². The first-order valence-corrected chi connectivity index (χ1v) is 16.1. The third-order valence-electron chi connectivity index (χ3n) is 6.63. The molecule has 7 N–H and O–H groups in total. The maximum absolute atomic E-state index is 11.8. The zero-order chi connectivity index (χ0) is 40.4. The van der Waals surface area contributed by atoms with Crippen molar-refractivity contribution in [1.82, 2.24) is 10.6 Å². The molecule has 0 saturated heterocycles. The van der Waals surface area contributed by atoms with Crippen LogP contribution in [0.4, 0.5) is 0 Å². The topological polar surface area (TPSA) is 230 Å². The van der Waals surface area contributed by atoms with Gasteiger partial charge in [0.2, 0.25) is 0 Å². The standard InChI is InChI=1S/C13H17NO3.C13H15NO3.C9H8O3.C4H11NO/c2*1-9(16)10-4-6-11(7-5-10)12(17)14-13(2,3)8-15;1-6(10)7-2-4-8(5-3-7)9(11)12;1-4(2,5)3-6/h4-7,15H,8H2,1-3H3,(H,14,17);4-8H,1-3H3,(H,14,17);2-5H,1H3,(H,11,12);6H,3,5H2,1-2H3. The zero-order valence-corrected chi connectivity index (χ0v) is 31.2. The van der Waals surface area contributed by atoms with Gasteiger partial charge in [-0.25, -0.2) is 4.79 Å². The third-order valence-corrected chi connectivity index (χ3v) is 6.63. The molecule has 0 spiro atoms. The van der Waals surface area contributed by atoms with Gasteiger partial charge >= 0.3 is 5.97 Å². The van der Waals surface area contributed by atoms with Crippen LogP contribution in [0.2, 0.25) is 0 Å². The fraction of sp³-hybridized carbons (Fsp3) is 0.359. The van der Waals surface area contributed by atoms with Crippen molar-refractivity contribution in [3.8, 4) is 0 Å². The first kappa shape index (κ1) is 46.6. The highest BCUT2D eigenvalue weighted by atomic mass is 16.4. The second kappa shape index (κ2) is 21.1. The molecule has 0 aliphatic carbocycles. The van der Waals surface area contributed by atoms with Crippen LogP contribution in [0.1, 0.15) is 124 Å². The number of carbonyl (C=O) groups excluding carboxylic acids is 6. The van der Waals surface area contributed by atoms with E-state index in [1.807, 2.05) is 0 Å². The molecule has 0 heterocycles. The van der Waals surface area contributed by atoms with Crippen molar-refractivity contribution in [1.29, 1.82) is 0 Å². The van der Waals surface area contributed by atoms with Gasteiger partial charge in [0.1, 0.15) is 6.29 Å². The molecule has 282 valence electrons. The summed E-state index contributed by atoms with van der Waals surface area (Å²) in [6.45, 7) is 14.5. The van der Waals surface area contributed by atoms with Crippen LogP contribution in [-0.2, 0) is 4.79 Å². The molecule has 2 amide bonds. The second-order valence-corrected chi connectivity index (χ2v) is 13.6. The Morgan fingerprint density at radius 2 is 0.827 bits per heavy atom. The fourth-order valence-electron chi connectivity index (χ4n) is 3.37. The van der Waals surface area contributed by atoms with E-state index in [1.165, 1.54) is 45.0 Å². The van der Waals surface area contributed by atoms with Gasteiger partial charge in [-0.1, -0.05) is 36.4 Å². The summed E-state index contributed by atoms with van der Waals surface area (Å²) in [4.78, 5) is 77.5. The molecule has 0 aliphatic rings. The van der Waals surface area contributed by atoms with Crippen molar-refractivity contribution < 1.29 is 48.9 Å². The van der Waals surface area contributed by atoms with Crippen LogP contribution in [0.25, 0.3) is 0 Å². The number of benzene rings is 3. The minimum atomic E-state index is -0.981. The summed E-state index contributed by atoms with van der Waals surface area (Å²) in [7, 11) is 0. The lowest BCUT2D eigenvalue weighted by atomic mass is 10.0. The number of rotatable bonds is 11. The van der Waals surface area contributed by atoms with E-state index < -0.39 is 22.6 Å². The van der Waals surface area contributed by atoms with Gasteiger partial charge in [-0.05, 0) is 98.7 Å². The van der Waals surface area contributed by atoms with Gasteiger partial charge in [0, 0.05) is 33.4 Å². The third kappa shape index (κ3) is 18.6. The lowest BCUT2D eigenvalue weighted by Crippen LogP contribution is -2.46. The predicted octanol–water partition coefficient (Wildman–Crippen LogP) is 4.29. The monoisotopic (exact) mass is 721 g/mol. The number of ketones is 3. The molecule has 3 aromatic carbocycles. The average molecular weight is 722 g/mol. The number of carboxylic acid groups (broad SMARTS) is 1. The van der Waals surface area contributed by atoms with E-state index >= 15 is 0 Å². The lowest BCUT2D eigenvalue weighted by molar-refractivity contribution is -0.112. The molecule has 52 heavy (non-hydrogen) atoms. The number of aromatic carboxylic acids is 1. The molecular formula is C39H51N3O10. The molecular weight excluding hydrogens is 670 g/mol. The maximum Gasteiger partial charge on any atom is 0.335 e. The van der Waals surface area contributed by atoms with E-state index in [9.17, 15) is 33.6 Å². The smallest absolute Gasteiger partial charge is 0.335 e. The Kier molecular flexibility index (Phi) is 18.9. The van der Waals surface area contributed by atoms with E-state index in [0.29, 0.717) is 34.1 Å². The summed E-state index contributed by atoms with van der Waals surface area (Å²) >= 11 is 0. The highest BCUT2D eigenvalue weighted by molar-refractivity contribution is 5.99. The number of aldehydes is 1. The van der Waals surface area contributed by atoms with Crippen LogP contribution in [-0.4, -0.2) is 86.6 Å². The zero-order valence-electron chi connectivity index (χ0n) is 31.2. The summed E-state index contributed by atoms with van der Waals surface area (Å²) in [6, 6.07) is 18.6. The highest BCUT2D eigenvalue weighted by Gasteiger charge is 2.21. The Balaban J connectivity index is 0.000000704. The number of amides is 2. The van der Waals surface area contributed by atoms with Crippen molar-refractivity contribution in [2.75, 3.05) is 13.2 Å². The number of nitrogens with one attached hydrogen (secondary N) is 2. The second-order valence-electron chi connectivity index (χ2n) is 13.6. The van der Waals surface area contributed by atoms with Gasteiger partial charge < -0.3 is 36.5 Å². The number of carbonyl (C=O) groups is 7. The van der Waals surface area contributed by atoms with Gasteiger partial charge in [-0.15, -0.1) is 0 Å². The summed E-state index contributed by atoms with van der Waals surface area (Å²) in [5.74, 6) is -1.73. The van der Waals surface area contributed by atoms with Crippen LogP contribution >= 0.6 is 0 Å². The molecule has 0 radical (unpaired) electrons. The molecule has 0 fully saturated rings. The summed E-state index contributed by atoms with van der Waals surface area (Å²) in [5.41, 5.74) is 6.07. The van der Waals surface area contributed by atoms with E-state index in [1.54, 1.807) is 90.1 Å². The number of aliphatic hydroxyl groups excluding tert-OH is 2. The molecule has 0 saturated carbocycles. The molecule has 0 bridgehead atoms. The van der Waals surface area contributed by atoms with Crippen molar-refractivity contribution >= 4 is 41.4 Å². The number of hydrogen-bond acceptors (Lipinski definition) is 10. The molecule has 0 unspecified atom stereocenters. The average Bonchev–Trinajstić information content (AvgIpc) is 3.08. The number of carboxylic acids is 1. The van der Waals surface area contributed by atoms with E-state index in [0.717, 1.165) is 0 Å². The fourth-order valence-corrected chi connectivity index (χ4v) is 3.37. The Bertz CT molecular complexity index is 1640. The molecule has 13 heteroatoms. The summed E-state index contributed by atoms with van der Waals surface area (Å²) < 4.78 is 0. The molecule has 3 aromatic rings. The molecule has 0 aromatic heterocycles. The van der Waals surface area contributed by atoms with Crippen LogP contribution in [0.3, 0.4) is 0 Å². The molecule has 13 nitrogen and oxygen atoms in total. The predicted molar refractivity (Wildman–Crippen MR) is 198 cm³/mol. The van der Waals surface area contributed by atoms with Crippen LogP contribution in [0.5, 0.6) is 0 Å². The lowest BCUT2D eigenvalue weighted by Gasteiger charge is -2.23. The van der Waals surface area contributed by atoms with Crippen LogP contribution in [0, 0.1) is 0 Å². The minimum Gasteiger partial charge on any atom is -0.478 e. The van der Waals surface area contributed by atoms with Crippen molar-refractivity contribution in [2.24, 2.45) is 5.73 Å². The van der Waals surface area contributed by atoms with Gasteiger partial charge in [-0.3, -0.25) is 24.0 Å². The minimum absolute atomic E-state index is 0.0346. The molecule has 3 rings (SSSR count). The van der Waals surface area contributed by atoms with Crippen molar-refractivity contribution in [3.05, 3.63) is 106 Å². The number of nitrogens with two attached hydrogens (primary N) is 1. The number of aliphatic hydroxyl groups is 2. The van der Waals surface area contributed by atoms with E-state index in [-0.39, 0.29) is 47.9 Å². The van der Waals surface area contributed by atoms with Crippen molar-refractivity contribution in [3.63, 3.8) is 0 Å². The van der Waals surface area contributed by atoms with Gasteiger partial charge in [-0.2, -0.15) is 0 Å². The van der Waals surface area contributed by atoms with Crippen molar-refractivity contribution in [2.45, 2.75) is 78.9 Å². The Morgan fingerprint density at radius 3 is 1.06 bits per heavy atom. The van der Waals surface area contributed by atoms with E-state index in [4.69, 9.17) is 21.1 Å². The first-order chi connectivity index (χ1) is 23.9. The SMILES string of the molecule is CC(=O)c1ccc(C(=O)NC(C)(C)C=O)cc1.CC(=O)c1ccc(C(=O)NC(C)(C)CO)cc1.CC(=O)c1ccc(C(=O)O)cc1.CC(C)(N)CO. The quantitative estimate of drug-likeness (QED) is 0.121. The summed E-state index contributed by atoms with van der Waals surface area (Å²) in [6.07, 6.45) is 0.675. The highest BCUT2D eigenvalue weighted by Crippen LogP contribution is 2.09. The van der Waals surface area contributed by atoms with E-state index in [2.05, 4.69) is 10.6 Å². The van der Waals surface area contributed by atoms with Gasteiger partial charge in [0.05, 0.1) is 29.9 Å². The number of hydrogen-bond donors (Lipinski definition) is 6. The Morgan fingerprint density at radius 1 is 0.558 bits per heavy atom.